The van der Waals surface area contributed by atoms with Gasteiger partial charge in [-0.1, -0.05) is 23.7 Å². The third-order valence-corrected chi connectivity index (χ3v) is 5.68. The van der Waals surface area contributed by atoms with Crippen LogP contribution >= 0.6 is 11.6 Å². The highest BCUT2D eigenvalue weighted by Crippen LogP contribution is 2.40. The number of likely N-dealkylation sites (N-methyl/N-ethyl adjacent to an activating group) is 1. The van der Waals surface area contributed by atoms with E-state index in [2.05, 4.69) is 36.1 Å². The lowest BCUT2D eigenvalue weighted by atomic mass is 10.1. The van der Waals surface area contributed by atoms with E-state index in [0.717, 1.165) is 25.1 Å². The minimum atomic E-state index is -0.527. The number of halogens is 2. The molecule has 1 aromatic carbocycles. The summed E-state index contributed by atoms with van der Waals surface area (Å²) in [4.78, 5) is 11.1. The summed E-state index contributed by atoms with van der Waals surface area (Å²) in [5, 5.41) is 27.1. The van der Waals surface area contributed by atoms with Gasteiger partial charge in [-0.3, -0.25) is 5.10 Å². The Hall–Kier alpha value is -2.95. The number of nitrogens with one attached hydrogen (secondary N) is 4. The lowest BCUT2D eigenvalue weighted by molar-refractivity contribution is 0.276. The fourth-order valence-electron chi connectivity index (χ4n) is 3.32. The average Bonchev–Trinajstić information content (AvgIpc) is 3.54. The molecule has 1 aliphatic carbocycles. The van der Waals surface area contributed by atoms with Gasteiger partial charge >= 0.3 is 0 Å². The highest BCUT2D eigenvalue weighted by atomic mass is 35.5. The third-order valence-electron chi connectivity index (χ3n) is 5.32. The quantitative estimate of drug-likeness (QED) is 0.285. The molecule has 2 aromatic heterocycles. The first-order valence-electron chi connectivity index (χ1n) is 10.8. The Morgan fingerprint density at radius 1 is 1.21 bits per heavy atom. The molecule has 0 radical (unpaired) electrons. The molecule has 0 saturated heterocycles. The number of nitrogens with zero attached hydrogens (tertiary/aromatic N) is 4. The molecule has 3 aromatic rings. The van der Waals surface area contributed by atoms with Gasteiger partial charge in [-0.2, -0.15) is 15.1 Å². The van der Waals surface area contributed by atoms with Crippen molar-refractivity contribution in [3.63, 3.8) is 0 Å². The van der Waals surface area contributed by atoms with Crippen molar-refractivity contribution >= 4 is 35.0 Å². The lowest BCUT2D eigenvalue weighted by Gasteiger charge is -2.19. The van der Waals surface area contributed by atoms with Crippen LogP contribution in [0.1, 0.15) is 36.1 Å². The summed E-state index contributed by atoms with van der Waals surface area (Å²) in [6, 6.07) is 7.34. The molecule has 1 fully saturated rings. The smallest absolute Gasteiger partial charge is 0.227 e. The fourth-order valence-corrected chi connectivity index (χ4v) is 3.52. The van der Waals surface area contributed by atoms with Gasteiger partial charge in [0.1, 0.15) is 10.8 Å². The number of rotatable bonds is 11. The Morgan fingerprint density at radius 2 is 1.94 bits per heavy atom. The first kappa shape index (κ1) is 23.2. The number of aromatic amines is 1. The van der Waals surface area contributed by atoms with E-state index in [1.165, 1.54) is 12.1 Å². The van der Waals surface area contributed by atoms with Crippen molar-refractivity contribution in [1.29, 1.82) is 0 Å². The maximum absolute atomic E-state index is 13.3. The van der Waals surface area contributed by atoms with Gasteiger partial charge in [-0.15, -0.1) is 0 Å². The summed E-state index contributed by atoms with van der Waals surface area (Å²) in [7, 11) is 3.96. The number of aliphatic hydroxyl groups is 1. The molecule has 176 valence electrons. The molecule has 0 unspecified atom stereocenters. The van der Waals surface area contributed by atoms with Crippen molar-refractivity contribution in [2.45, 2.75) is 24.8 Å². The van der Waals surface area contributed by atoms with Crippen molar-refractivity contribution in [1.82, 2.24) is 25.1 Å². The van der Waals surface area contributed by atoms with Crippen LogP contribution in [0.15, 0.2) is 30.3 Å². The summed E-state index contributed by atoms with van der Waals surface area (Å²) in [6.45, 7) is 1.18. The maximum atomic E-state index is 13.3. The molecule has 0 aliphatic heterocycles. The van der Waals surface area contributed by atoms with E-state index in [1.54, 1.807) is 12.1 Å². The van der Waals surface area contributed by atoms with Gasteiger partial charge in [0.05, 0.1) is 12.6 Å². The van der Waals surface area contributed by atoms with Gasteiger partial charge in [0.15, 0.2) is 17.5 Å². The van der Waals surface area contributed by atoms with E-state index in [9.17, 15) is 9.50 Å². The molecule has 2 heterocycles. The molecule has 9 nitrogen and oxygen atoms in total. The van der Waals surface area contributed by atoms with Crippen molar-refractivity contribution < 1.29 is 9.50 Å². The summed E-state index contributed by atoms with van der Waals surface area (Å²) < 4.78 is 13.3. The Morgan fingerprint density at radius 3 is 2.61 bits per heavy atom. The van der Waals surface area contributed by atoms with E-state index in [-0.39, 0.29) is 18.4 Å². The molecule has 0 amide bonds. The Kier molecular flexibility index (Phi) is 7.26. The number of hydrogen-bond donors (Lipinski definition) is 5. The SMILES string of the molecule is CN(C)CCNc1nc(N[C@@H](CO)c2ccc(F)cc2)nc(Nc2cc(C3CC3)[nH]n2)c1Cl. The predicted octanol–water partition coefficient (Wildman–Crippen LogP) is 3.73. The van der Waals surface area contributed by atoms with Crippen molar-refractivity contribution in [3.05, 3.63) is 52.4 Å². The van der Waals surface area contributed by atoms with Gasteiger partial charge in [-0.25, -0.2) is 4.39 Å². The van der Waals surface area contributed by atoms with E-state index in [4.69, 9.17) is 11.6 Å². The zero-order chi connectivity index (χ0) is 23.4. The van der Waals surface area contributed by atoms with Crippen LogP contribution in [-0.2, 0) is 0 Å². The van der Waals surface area contributed by atoms with E-state index in [0.29, 0.717) is 40.5 Å². The second-order valence-corrected chi connectivity index (χ2v) is 8.71. The molecule has 1 aliphatic rings. The Labute approximate surface area is 196 Å². The number of hydrogen-bond acceptors (Lipinski definition) is 8. The number of aliphatic hydroxyl groups excluding tert-OH is 1. The van der Waals surface area contributed by atoms with E-state index >= 15 is 0 Å². The number of benzene rings is 1. The summed E-state index contributed by atoms with van der Waals surface area (Å²) >= 11 is 6.61. The van der Waals surface area contributed by atoms with Crippen LogP contribution in [0.2, 0.25) is 5.02 Å². The molecule has 1 atom stereocenters. The standard InChI is InChI=1S/C22H28ClFN8O/c1-32(2)10-9-25-20-19(23)21(27-18-11-16(30-31-18)13-3-4-13)29-22(28-20)26-17(12-33)14-5-7-15(24)8-6-14/h5-8,11,13,17,33H,3-4,9-10,12H2,1-2H3,(H4,25,26,27,28,29,30,31)/t17-/m0/s1. The topological polar surface area (TPSA) is 114 Å². The normalized spacial score (nSPS) is 14.4. The van der Waals surface area contributed by atoms with Crippen LogP contribution in [0.25, 0.3) is 0 Å². The highest BCUT2D eigenvalue weighted by Gasteiger charge is 2.26. The van der Waals surface area contributed by atoms with Gasteiger partial charge in [-0.05, 0) is 44.6 Å². The van der Waals surface area contributed by atoms with Gasteiger partial charge in [0, 0.05) is 30.8 Å². The van der Waals surface area contributed by atoms with Crippen molar-refractivity contribution in [3.8, 4) is 0 Å². The van der Waals surface area contributed by atoms with Crippen LogP contribution < -0.4 is 16.0 Å². The average molecular weight is 475 g/mol. The zero-order valence-corrected chi connectivity index (χ0v) is 19.3. The molecule has 33 heavy (non-hydrogen) atoms. The molecule has 0 spiro atoms. The first-order chi connectivity index (χ1) is 15.9. The monoisotopic (exact) mass is 474 g/mol. The van der Waals surface area contributed by atoms with Crippen molar-refractivity contribution in [2.24, 2.45) is 0 Å². The minimum Gasteiger partial charge on any atom is -0.394 e. The second kappa shape index (κ2) is 10.3. The van der Waals surface area contributed by atoms with Crippen molar-refractivity contribution in [2.75, 3.05) is 49.7 Å². The lowest BCUT2D eigenvalue weighted by Crippen LogP contribution is -2.22. The third kappa shape index (κ3) is 6.10. The summed E-state index contributed by atoms with van der Waals surface area (Å²) in [5.41, 5.74) is 1.79. The molecule has 4 rings (SSSR count). The number of anilines is 4. The fraction of sp³-hybridized carbons (Fsp3) is 0.409. The number of aromatic nitrogens is 4. The second-order valence-electron chi connectivity index (χ2n) is 8.33. The van der Waals surface area contributed by atoms with E-state index < -0.39 is 6.04 Å². The van der Waals surface area contributed by atoms with Crippen LogP contribution in [-0.4, -0.2) is 64.0 Å². The van der Waals surface area contributed by atoms with Gasteiger partial charge in [0.25, 0.3) is 0 Å². The van der Waals surface area contributed by atoms with Gasteiger partial charge < -0.3 is 26.0 Å². The molecule has 0 bridgehead atoms. The summed E-state index contributed by atoms with van der Waals surface area (Å²) in [6.07, 6.45) is 2.33. The van der Waals surface area contributed by atoms with Crippen LogP contribution in [0.4, 0.5) is 27.8 Å². The first-order valence-corrected chi connectivity index (χ1v) is 11.2. The van der Waals surface area contributed by atoms with Crippen LogP contribution in [0.3, 0.4) is 0 Å². The Balaban J connectivity index is 1.59. The zero-order valence-electron chi connectivity index (χ0n) is 18.6. The summed E-state index contributed by atoms with van der Waals surface area (Å²) in [5.74, 6) is 1.89. The molecule has 5 N–H and O–H groups in total. The predicted molar refractivity (Wildman–Crippen MR) is 128 cm³/mol. The Bertz CT molecular complexity index is 1070. The number of H-pyrrole nitrogens is 1. The van der Waals surface area contributed by atoms with Crippen LogP contribution in [0, 0.1) is 5.82 Å². The largest absolute Gasteiger partial charge is 0.394 e. The minimum absolute atomic E-state index is 0.228. The molecule has 1 saturated carbocycles. The van der Waals surface area contributed by atoms with Crippen LogP contribution in [0.5, 0.6) is 0 Å². The van der Waals surface area contributed by atoms with Gasteiger partial charge in [0.2, 0.25) is 5.95 Å². The highest BCUT2D eigenvalue weighted by molar-refractivity contribution is 6.35. The molecular formula is C22H28ClFN8O. The van der Waals surface area contributed by atoms with E-state index in [1.807, 2.05) is 25.1 Å². The molecule has 11 heteroatoms. The molecular weight excluding hydrogens is 447 g/mol. The maximum Gasteiger partial charge on any atom is 0.227 e.